The Balaban J connectivity index is 2.24. The average molecular weight is 376 g/mol. The van der Waals surface area contributed by atoms with Gasteiger partial charge in [-0.15, -0.1) is 0 Å². The molecule has 7 heteroatoms. The fraction of sp³-hybridized carbons (Fsp3) is 0.400. The molecule has 0 aromatic heterocycles. The molecule has 0 aliphatic heterocycles. The second-order valence-corrected chi connectivity index (χ2v) is 6.86. The number of aliphatic hydroxyl groups is 3. The fourth-order valence-corrected chi connectivity index (χ4v) is 3.97. The number of benzene rings is 2. The third-order valence-corrected chi connectivity index (χ3v) is 5.40. The molecule has 0 heterocycles. The van der Waals surface area contributed by atoms with Crippen LogP contribution in [0.15, 0.2) is 30.3 Å². The molecule has 2 aromatic rings. The van der Waals surface area contributed by atoms with E-state index < -0.39 is 24.0 Å². The van der Waals surface area contributed by atoms with E-state index in [2.05, 4.69) is 0 Å². The number of hydrogen-bond acceptors (Lipinski definition) is 7. The molecular weight excluding hydrogens is 352 g/mol. The van der Waals surface area contributed by atoms with Crippen LogP contribution in [0.1, 0.15) is 22.6 Å². The topological polar surface area (TPSA) is 120 Å². The first-order valence-electron chi connectivity index (χ1n) is 8.59. The van der Waals surface area contributed by atoms with E-state index in [1.54, 1.807) is 24.3 Å². The van der Waals surface area contributed by atoms with Gasteiger partial charge in [0.25, 0.3) is 0 Å². The van der Waals surface area contributed by atoms with E-state index in [1.165, 1.54) is 20.3 Å². The molecule has 0 radical (unpaired) electrons. The molecule has 27 heavy (non-hydrogen) atoms. The van der Waals surface area contributed by atoms with Crippen LogP contribution in [-0.4, -0.2) is 58.6 Å². The first-order valence-corrected chi connectivity index (χ1v) is 8.59. The Bertz CT molecular complexity index is 835. The van der Waals surface area contributed by atoms with Crippen LogP contribution in [0.5, 0.6) is 23.0 Å². The van der Waals surface area contributed by atoms with Gasteiger partial charge in [0.15, 0.2) is 23.0 Å². The summed E-state index contributed by atoms with van der Waals surface area (Å²) < 4.78 is 10.3. The quantitative estimate of drug-likeness (QED) is 0.531. The summed E-state index contributed by atoms with van der Waals surface area (Å²) in [6.45, 7) is -0.913. The number of fused-ring (bicyclic) bond motifs is 1. The lowest BCUT2D eigenvalue weighted by Crippen LogP contribution is -2.51. The van der Waals surface area contributed by atoms with Crippen LogP contribution in [0.25, 0.3) is 0 Å². The molecule has 2 aromatic carbocycles. The predicted molar refractivity (Wildman–Crippen MR) is 97.5 cm³/mol. The Morgan fingerprint density at radius 3 is 2.26 bits per heavy atom. The van der Waals surface area contributed by atoms with Gasteiger partial charge in [-0.05, 0) is 41.0 Å². The van der Waals surface area contributed by atoms with Gasteiger partial charge in [0.1, 0.15) is 0 Å². The van der Waals surface area contributed by atoms with Gasteiger partial charge in [-0.3, -0.25) is 0 Å². The summed E-state index contributed by atoms with van der Waals surface area (Å²) in [7, 11) is 2.86. The standard InChI is InChI=1S/C20H24O7/c1-26-17-5-11(3-4-15(17)23)19-13-7-16(24)18(27-2)6-12(13)8-20(25,10-22)14(19)9-21/h3-7,14,19,21-25H,8-10H2,1-2H3/t14?,19?,20-/m1/s1. The summed E-state index contributed by atoms with van der Waals surface area (Å²) >= 11 is 0. The van der Waals surface area contributed by atoms with E-state index in [1.807, 2.05) is 0 Å². The highest BCUT2D eigenvalue weighted by atomic mass is 16.5. The van der Waals surface area contributed by atoms with Crippen LogP contribution in [0, 0.1) is 5.92 Å². The van der Waals surface area contributed by atoms with Gasteiger partial charge in [-0.1, -0.05) is 6.07 Å². The van der Waals surface area contributed by atoms with Crippen molar-refractivity contribution in [1.82, 2.24) is 0 Å². The van der Waals surface area contributed by atoms with Gasteiger partial charge in [-0.2, -0.15) is 0 Å². The van der Waals surface area contributed by atoms with Crippen molar-refractivity contribution in [3.8, 4) is 23.0 Å². The Kier molecular flexibility index (Phi) is 5.19. The van der Waals surface area contributed by atoms with E-state index in [4.69, 9.17) is 9.47 Å². The maximum atomic E-state index is 11.0. The van der Waals surface area contributed by atoms with Crippen molar-refractivity contribution in [3.63, 3.8) is 0 Å². The summed E-state index contributed by atoms with van der Waals surface area (Å²) in [5, 5.41) is 51.1. The average Bonchev–Trinajstić information content (AvgIpc) is 2.67. The first kappa shape index (κ1) is 19.3. The number of aliphatic hydroxyl groups excluding tert-OH is 2. The highest BCUT2D eigenvalue weighted by Crippen LogP contribution is 2.49. The second-order valence-electron chi connectivity index (χ2n) is 6.86. The fourth-order valence-electron chi connectivity index (χ4n) is 3.97. The molecule has 0 spiro atoms. The molecule has 0 saturated carbocycles. The maximum Gasteiger partial charge on any atom is 0.160 e. The molecule has 3 atom stereocenters. The summed E-state index contributed by atoms with van der Waals surface area (Å²) in [4.78, 5) is 0. The number of aromatic hydroxyl groups is 2. The van der Waals surface area contributed by atoms with Gasteiger partial charge in [-0.25, -0.2) is 0 Å². The highest BCUT2D eigenvalue weighted by Gasteiger charge is 2.47. The van der Waals surface area contributed by atoms with Crippen LogP contribution >= 0.6 is 0 Å². The Labute approximate surface area is 157 Å². The lowest BCUT2D eigenvalue weighted by molar-refractivity contribution is -0.0875. The van der Waals surface area contributed by atoms with Gasteiger partial charge in [0.05, 0.1) is 26.4 Å². The van der Waals surface area contributed by atoms with Crippen molar-refractivity contribution in [2.45, 2.75) is 17.9 Å². The monoisotopic (exact) mass is 376 g/mol. The molecule has 146 valence electrons. The molecule has 2 unspecified atom stereocenters. The summed E-state index contributed by atoms with van der Waals surface area (Å²) in [5.74, 6) is -0.842. The lowest BCUT2D eigenvalue weighted by atomic mass is 9.64. The molecule has 5 N–H and O–H groups in total. The zero-order chi connectivity index (χ0) is 19.8. The van der Waals surface area contributed by atoms with Crippen molar-refractivity contribution in [2.75, 3.05) is 27.4 Å². The zero-order valence-corrected chi connectivity index (χ0v) is 15.2. The van der Waals surface area contributed by atoms with E-state index >= 15 is 0 Å². The molecular formula is C20H24O7. The van der Waals surface area contributed by atoms with Gasteiger partial charge in [0.2, 0.25) is 0 Å². The van der Waals surface area contributed by atoms with Crippen molar-refractivity contribution >= 4 is 0 Å². The van der Waals surface area contributed by atoms with Crippen molar-refractivity contribution in [2.24, 2.45) is 5.92 Å². The van der Waals surface area contributed by atoms with Crippen LogP contribution < -0.4 is 9.47 Å². The van der Waals surface area contributed by atoms with Crippen LogP contribution in [0.2, 0.25) is 0 Å². The van der Waals surface area contributed by atoms with Gasteiger partial charge >= 0.3 is 0 Å². The third kappa shape index (κ3) is 3.18. The third-order valence-electron chi connectivity index (χ3n) is 5.40. The molecule has 0 bridgehead atoms. The number of ether oxygens (including phenoxy) is 2. The molecule has 3 rings (SSSR count). The molecule has 1 aliphatic rings. The van der Waals surface area contributed by atoms with Crippen LogP contribution in [-0.2, 0) is 6.42 Å². The van der Waals surface area contributed by atoms with Crippen molar-refractivity contribution in [3.05, 3.63) is 47.0 Å². The first-order chi connectivity index (χ1) is 12.9. The van der Waals surface area contributed by atoms with Crippen molar-refractivity contribution < 1.29 is 35.0 Å². The summed E-state index contributed by atoms with van der Waals surface area (Å²) in [6.07, 6.45) is 0.104. The minimum Gasteiger partial charge on any atom is -0.504 e. The number of phenols is 2. The summed E-state index contributed by atoms with van der Waals surface area (Å²) in [6, 6.07) is 7.94. The minimum atomic E-state index is -1.56. The number of rotatable bonds is 5. The largest absolute Gasteiger partial charge is 0.504 e. The normalized spacial score (nSPS) is 24.3. The van der Waals surface area contributed by atoms with E-state index in [0.29, 0.717) is 16.7 Å². The SMILES string of the molecule is COc1cc(C2c3cc(O)c(OC)cc3C[C@@](O)(CO)C2CO)ccc1O. The Morgan fingerprint density at radius 2 is 1.67 bits per heavy atom. The van der Waals surface area contributed by atoms with Crippen molar-refractivity contribution in [1.29, 1.82) is 0 Å². The van der Waals surface area contributed by atoms with E-state index in [-0.39, 0.29) is 36.0 Å². The zero-order valence-electron chi connectivity index (χ0n) is 15.2. The van der Waals surface area contributed by atoms with E-state index in [9.17, 15) is 25.5 Å². The second kappa shape index (κ2) is 7.26. The smallest absolute Gasteiger partial charge is 0.160 e. The van der Waals surface area contributed by atoms with Gasteiger partial charge in [0, 0.05) is 24.9 Å². The highest BCUT2D eigenvalue weighted by molar-refractivity contribution is 5.54. The molecule has 0 saturated heterocycles. The lowest BCUT2D eigenvalue weighted by Gasteiger charge is -2.44. The number of hydrogen-bond donors (Lipinski definition) is 5. The number of phenolic OH excluding ortho intramolecular Hbond substituents is 2. The summed E-state index contributed by atoms with van der Waals surface area (Å²) in [5.41, 5.74) is 0.515. The minimum absolute atomic E-state index is 0.0344. The predicted octanol–water partition coefficient (Wildman–Crippen LogP) is 1.13. The Morgan fingerprint density at radius 1 is 1.00 bits per heavy atom. The molecule has 0 amide bonds. The maximum absolute atomic E-state index is 11.0. The Hall–Kier alpha value is -2.48. The number of methoxy groups -OCH3 is 2. The molecule has 0 fully saturated rings. The molecule has 7 nitrogen and oxygen atoms in total. The van der Waals surface area contributed by atoms with Crippen LogP contribution in [0.3, 0.4) is 0 Å². The molecule has 1 aliphatic carbocycles. The van der Waals surface area contributed by atoms with Crippen LogP contribution in [0.4, 0.5) is 0 Å². The van der Waals surface area contributed by atoms with E-state index in [0.717, 1.165) is 0 Å². The van der Waals surface area contributed by atoms with Gasteiger partial charge < -0.3 is 35.0 Å².